The van der Waals surface area contributed by atoms with Crippen LogP contribution in [-0.4, -0.2) is 18.1 Å². The van der Waals surface area contributed by atoms with Gasteiger partial charge >= 0.3 is 0 Å². The number of aryl methyl sites for hydroxylation is 1. The fraction of sp³-hybridized carbons (Fsp3) is 0.667. The van der Waals surface area contributed by atoms with E-state index < -0.39 is 0 Å². The van der Waals surface area contributed by atoms with Crippen LogP contribution in [0.15, 0.2) is 3.79 Å². The van der Waals surface area contributed by atoms with E-state index in [1.54, 1.807) is 11.3 Å². The van der Waals surface area contributed by atoms with Crippen molar-refractivity contribution in [3.05, 3.63) is 14.5 Å². The summed E-state index contributed by atoms with van der Waals surface area (Å²) in [7, 11) is 0. The lowest BCUT2D eigenvalue weighted by molar-refractivity contribution is 0.459. The molecule has 1 fully saturated rings. The normalized spacial score (nSPS) is 19.2. The smallest absolute Gasteiger partial charge is 0.0971 e. The Labute approximate surface area is 90.9 Å². The van der Waals surface area contributed by atoms with Crippen LogP contribution in [0.25, 0.3) is 0 Å². The molecule has 0 saturated carbocycles. The molecule has 0 atom stereocenters. The highest BCUT2D eigenvalue weighted by Crippen LogP contribution is 2.33. The van der Waals surface area contributed by atoms with Gasteiger partial charge in [-0.3, -0.25) is 0 Å². The van der Waals surface area contributed by atoms with Crippen LogP contribution in [0.4, 0.5) is 0 Å². The first-order valence-electron chi connectivity index (χ1n) is 4.61. The summed E-state index contributed by atoms with van der Waals surface area (Å²) in [5, 5.41) is 4.68. The van der Waals surface area contributed by atoms with Gasteiger partial charge in [0.05, 0.1) is 14.5 Å². The van der Waals surface area contributed by atoms with Gasteiger partial charge in [0.25, 0.3) is 0 Å². The van der Waals surface area contributed by atoms with Gasteiger partial charge in [-0.2, -0.15) is 0 Å². The average Bonchev–Trinajstić information content (AvgIpc) is 2.49. The Kier molecular flexibility index (Phi) is 3.01. The molecule has 0 spiro atoms. The second-order valence-electron chi connectivity index (χ2n) is 3.44. The van der Waals surface area contributed by atoms with E-state index in [4.69, 9.17) is 0 Å². The lowest BCUT2D eigenvalue weighted by Crippen LogP contribution is -2.26. The van der Waals surface area contributed by atoms with E-state index in [-0.39, 0.29) is 0 Å². The molecule has 1 saturated heterocycles. The summed E-state index contributed by atoms with van der Waals surface area (Å²) in [6.45, 7) is 4.34. The van der Waals surface area contributed by atoms with Gasteiger partial charge in [0.15, 0.2) is 0 Å². The molecule has 0 amide bonds. The van der Waals surface area contributed by atoms with Crippen molar-refractivity contribution in [2.75, 3.05) is 13.1 Å². The Morgan fingerprint density at radius 3 is 2.69 bits per heavy atom. The van der Waals surface area contributed by atoms with Crippen LogP contribution in [0.2, 0.25) is 0 Å². The van der Waals surface area contributed by atoms with Gasteiger partial charge < -0.3 is 5.32 Å². The number of hydrogen-bond acceptors (Lipinski definition) is 3. The highest BCUT2D eigenvalue weighted by Gasteiger charge is 2.19. The number of rotatable bonds is 1. The summed E-state index contributed by atoms with van der Waals surface area (Å²) in [4.78, 5) is 4.58. The molecule has 1 aromatic rings. The van der Waals surface area contributed by atoms with E-state index in [1.165, 1.54) is 21.6 Å². The number of halogens is 1. The SMILES string of the molecule is Cc1nc(C2CCNCC2)sc1Br. The third kappa shape index (κ3) is 2.11. The zero-order chi connectivity index (χ0) is 9.26. The third-order valence-corrected chi connectivity index (χ3v) is 4.61. The monoisotopic (exact) mass is 260 g/mol. The third-order valence-electron chi connectivity index (χ3n) is 2.44. The molecule has 72 valence electrons. The van der Waals surface area contributed by atoms with Crippen LogP contribution >= 0.6 is 27.3 Å². The van der Waals surface area contributed by atoms with E-state index >= 15 is 0 Å². The lowest BCUT2D eigenvalue weighted by Gasteiger charge is -2.20. The molecule has 4 heteroatoms. The summed E-state index contributed by atoms with van der Waals surface area (Å²) in [6.07, 6.45) is 2.47. The molecule has 2 nitrogen and oxygen atoms in total. The molecule has 1 aliphatic rings. The van der Waals surface area contributed by atoms with Gasteiger partial charge in [-0.05, 0) is 48.8 Å². The van der Waals surface area contributed by atoms with Gasteiger partial charge in [0.1, 0.15) is 0 Å². The van der Waals surface area contributed by atoms with Gasteiger partial charge in [0.2, 0.25) is 0 Å². The average molecular weight is 261 g/mol. The van der Waals surface area contributed by atoms with E-state index in [1.807, 2.05) is 0 Å². The van der Waals surface area contributed by atoms with Crippen molar-refractivity contribution < 1.29 is 0 Å². The first-order valence-corrected chi connectivity index (χ1v) is 6.22. The fourth-order valence-corrected chi connectivity index (χ4v) is 3.19. The Balaban J connectivity index is 2.14. The van der Waals surface area contributed by atoms with Crippen LogP contribution in [-0.2, 0) is 0 Å². The molecule has 0 radical (unpaired) electrons. The van der Waals surface area contributed by atoms with Crippen molar-refractivity contribution in [1.82, 2.24) is 10.3 Å². The topological polar surface area (TPSA) is 24.9 Å². The summed E-state index contributed by atoms with van der Waals surface area (Å²) < 4.78 is 1.20. The zero-order valence-corrected chi connectivity index (χ0v) is 10.0. The highest BCUT2D eigenvalue weighted by atomic mass is 79.9. The molecule has 2 heterocycles. The molecule has 0 bridgehead atoms. The van der Waals surface area contributed by atoms with Crippen LogP contribution in [0.3, 0.4) is 0 Å². The molecule has 1 N–H and O–H groups in total. The second kappa shape index (κ2) is 4.07. The van der Waals surface area contributed by atoms with Crippen molar-refractivity contribution >= 4 is 27.3 Å². The molecule has 2 rings (SSSR count). The minimum Gasteiger partial charge on any atom is -0.317 e. The molecule has 1 aromatic heterocycles. The minimum atomic E-state index is 0.691. The Bertz CT molecular complexity index is 272. The van der Waals surface area contributed by atoms with Crippen molar-refractivity contribution in [3.8, 4) is 0 Å². The minimum absolute atomic E-state index is 0.691. The van der Waals surface area contributed by atoms with E-state index in [2.05, 4.69) is 33.2 Å². The van der Waals surface area contributed by atoms with Crippen LogP contribution < -0.4 is 5.32 Å². The van der Waals surface area contributed by atoms with E-state index in [0.717, 1.165) is 18.8 Å². The van der Waals surface area contributed by atoms with Crippen LogP contribution in [0, 0.1) is 6.92 Å². The summed E-state index contributed by atoms with van der Waals surface area (Å²) in [5.41, 5.74) is 1.14. The molecular weight excluding hydrogens is 248 g/mol. The van der Waals surface area contributed by atoms with Crippen molar-refractivity contribution in [2.45, 2.75) is 25.7 Å². The van der Waals surface area contributed by atoms with Gasteiger partial charge in [-0.15, -0.1) is 11.3 Å². The van der Waals surface area contributed by atoms with Crippen molar-refractivity contribution in [1.29, 1.82) is 0 Å². The Morgan fingerprint density at radius 2 is 2.15 bits per heavy atom. The molecule has 0 unspecified atom stereocenters. The molecule has 1 aliphatic heterocycles. The predicted octanol–water partition coefficient (Wildman–Crippen LogP) is 2.68. The number of hydrogen-bond donors (Lipinski definition) is 1. The van der Waals surface area contributed by atoms with E-state index in [0.29, 0.717) is 5.92 Å². The first kappa shape index (κ1) is 9.62. The standard InChI is InChI=1S/C9H13BrN2S/c1-6-8(10)13-9(12-6)7-2-4-11-5-3-7/h7,11H,2-5H2,1H3. The molecule has 0 aliphatic carbocycles. The maximum atomic E-state index is 4.58. The molecular formula is C9H13BrN2S. The summed E-state index contributed by atoms with van der Waals surface area (Å²) in [5.74, 6) is 0.691. The van der Waals surface area contributed by atoms with Gasteiger partial charge in [-0.1, -0.05) is 0 Å². The highest BCUT2D eigenvalue weighted by molar-refractivity contribution is 9.11. The quantitative estimate of drug-likeness (QED) is 0.840. The summed E-state index contributed by atoms with van der Waals surface area (Å²) >= 11 is 5.32. The Morgan fingerprint density at radius 1 is 1.46 bits per heavy atom. The van der Waals surface area contributed by atoms with E-state index in [9.17, 15) is 0 Å². The number of nitrogens with zero attached hydrogens (tertiary/aromatic N) is 1. The second-order valence-corrected chi connectivity index (χ2v) is 5.78. The van der Waals surface area contributed by atoms with Crippen LogP contribution in [0.5, 0.6) is 0 Å². The summed E-state index contributed by atoms with van der Waals surface area (Å²) in [6, 6.07) is 0. The number of nitrogens with one attached hydrogen (secondary N) is 1. The van der Waals surface area contributed by atoms with Gasteiger partial charge in [0, 0.05) is 5.92 Å². The number of aromatic nitrogens is 1. The lowest BCUT2D eigenvalue weighted by atomic mass is 9.99. The van der Waals surface area contributed by atoms with Crippen molar-refractivity contribution in [2.24, 2.45) is 0 Å². The predicted molar refractivity (Wildman–Crippen MR) is 59.4 cm³/mol. The Hall–Kier alpha value is 0.0700. The molecule has 13 heavy (non-hydrogen) atoms. The first-order chi connectivity index (χ1) is 6.27. The number of thiazole rings is 1. The van der Waals surface area contributed by atoms with Crippen LogP contribution in [0.1, 0.15) is 29.5 Å². The van der Waals surface area contributed by atoms with Crippen molar-refractivity contribution in [3.63, 3.8) is 0 Å². The maximum absolute atomic E-state index is 4.58. The zero-order valence-electron chi connectivity index (χ0n) is 7.64. The molecule has 0 aromatic carbocycles. The van der Waals surface area contributed by atoms with Gasteiger partial charge in [-0.25, -0.2) is 4.98 Å². The number of piperidine rings is 1. The largest absolute Gasteiger partial charge is 0.317 e. The maximum Gasteiger partial charge on any atom is 0.0971 e. The fourth-order valence-electron chi connectivity index (χ4n) is 1.64.